The Morgan fingerprint density at radius 3 is 2.58 bits per heavy atom. The first-order valence-corrected chi connectivity index (χ1v) is 8.01. The predicted octanol–water partition coefficient (Wildman–Crippen LogP) is 5.28. The maximum absolute atomic E-state index is 4.68. The lowest BCUT2D eigenvalue weighted by Gasteiger charge is -2.08. The number of rotatable bonds is 3. The molecule has 19 heavy (non-hydrogen) atoms. The van der Waals surface area contributed by atoms with Crippen molar-refractivity contribution >= 4 is 37.5 Å². The van der Waals surface area contributed by atoms with Crippen molar-refractivity contribution in [1.82, 2.24) is 4.98 Å². The second-order valence-electron chi connectivity index (χ2n) is 4.66. The number of thiazole rings is 1. The summed E-state index contributed by atoms with van der Waals surface area (Å²) in [7, 11) is 0. The molecule has 1 heterocycles. The molecule has 1 nitrogen and oxygen atoms in total. The molecule has 0 aliphatic heterocycles. The largest absolute Gasteiger partial charge is 0.241 e. The Bertz CT molecular complexity index is 654. The molecule has 0 aliphatic carbocycles. The highest BCUT2D eigenvalue weighted by Crippen LogP contribution is 2.30. The number of halogens is 1. The van der Waals surface area contributed by atoms with Gasteiger partial charge < -0.3 is 0 Å². The maximum Gasteiger partial charge on any atom is 0.0953 e. The highest BCUT2D eigenvalue weighted by molar-refractivity contribution is 9.09. The number of aromatic nitrogens is 1. The fourth-order valence-corrected chi connectivity index (χ4v) is 3.89. The van der Waals surface area contributed by atoms with E-state index >= 15 is 0 Å². The van der Waals surface area contributed by atoms with Gasteiger partial charge in [0.15, 0.2) is 0 Å². The molecule has 0 N–H and O–H groups in total. The number of alkyl halides is 1. The Morgan fingerprint density at radius 2 is 1.84 bits per heavy atom. The first kappa shape index (κ1) is 12.8. The van der Waals surface area contributed by atoms with E-state index in [1.54, 1.807) is 11.3 Å². The second-order valence-corrected chi connectivity index (χ2v) is 6.88. The normalized spacial score (nSPS) is 12.7. The fourth-order valence-electron chi connectivity index (χ4n) is 2.05. The minimum atomic E-state index is 0.327. The zero-order valence-electron chi connectivity index (χ0n) is 10.6. The van der Waals surface area contributed by atoms with Crippen molar-refractivity contribution in [3.63, 3.8) is 0 Å². The zero-order chi connectivity index (χ0) is 13.2. The van der Waals surface area contributed by atoms with Crippen LogP contribution in [0.4, 0.5) is 0 Å². The van der Waals surface area contributed by atoms with Gasteiger partial charge in [0.25, 0.3) is 0 Å². The summed E-state index contributed by atoms with van der Waals surface area (Å²) in [6.07, 6.45) is 0.933. The van der Waals surface area contributed by atoms with Gasteiger partial charge in [0.05, 0.1) is 15.2 Å². The molecular weight excluding hydrogens is 318 g/mol. The van der Waals surface area contributed by atoms with Crippen LogP contribution in [0.5, 0.6) is 0 Å². The lowest BCUT2D eigenvalue weighted by Crippen LogP contribution is -1.94. The van der Waals surface area contributed by atoms with Gasteiger partial charge in [0, 0.05) is 11.2 Å². The van der Waals surface area contributed by atoms with Crippen molar-refractivity contribution in [2.45, 2.75) is 18.2 Å². The standard InChI is InChI=1S/C16H14BrNS/c1-11-6-8-12(9-7-11)13(17)10-16-18-14-4-2-3-5-15(14)19-16/h2-9,13H,10H2,1H3. The summed E-state index contributed by atoms with van der Waals surface area (Å²) in [6, 6.07) is 17.0. The van der Waals surface area contributed by atoms with Crippen LogP contribution in [0.2, 0.25) is 0 Å². The minimum absolute atomic E-state index is 0.327. The van der Waals surface area contributed by atoms with Crippen molar-refractivity contribution in [2.75, 3.05) is 0 Å². The predicted molar refractivity (Wildman–Crippen MR) is 86.2 cm³/mol. The molecule has 1 unspecified atom stereocenters. The lowest BCUT2D eigenvalue weighted by molar-refractivity contribution is 0.938. The molecule has 0 bridgehead atoms. The topological polar surface area (TPSA) is 12.9 Å². The molecule has 0 spiro atoms. The van der Waals surface area contributed by atoms with Crippen LogP contribution in [-0.2, 0) is 6.42 Å². The van der Waals surface area contributed by atoms with Gasteiger partial charge >= 0.3 is 0 Å². The fraction of sp³-hybridized carbons (Fsp3) is 0.188. The Labute approximate surface area is 125 Å². The van der Waals surface area contributed by atoms with Crippen LogP contribution in [0.1, 0.15) is 21.0 Å². The SMILES string of the molecule is Cc1ccc(C(Br)Cc2nc3ccccc3s2)cc1. The maximum atomic E-state index is 4.68. The van der Waals surface area contributed by atoms with E-state index in [0.717, 1.165) is 11.9 Å². The van der Waals surface area contributed by atoms with E-state index in [1.165, 1.54) is 20.8 Å². The third kappa shape index (κ3) is 2.88. The molecule has 96 valence electrons. The van der Waals surface area contributed by atoms with Gasteiger partial charge in [0.2, 0.25) is 0 Å². The van der Waals surface area contributed by atoms with Gasteiger partial charge in [-0.1, -0.05) is 57.9 Å². The minimum Gasteiger partial charge on any atom is -0.241 e. The smallest absolute Gasteiger partial charge is 0.0953 e. The zero-order valence-corrected chi connectivity index (χ0v) is 13.0. The van der Waals surface area contributed by atoms with E-state index in [4.69, 9.17) is 0 Å². The monoisotopic (exact) mass is 331 g/mol. The second kappa shape index (κ2) is 5.43. The summed E-state index contributed by atoms with van der Waals surface area (Å²) >= 11 is 5.55. The van der Waals surface area contributed by atoms with Crippen LogP contribution in [0.25, 0.3) is 10.2 Å². The van der Waals surface area contributed by atoms with Crippen molar-refractivity contribution in [3.05, 3.63) is 64.7 Å². The number of fused-ring (bicyclic) bond motifs is 1. The molecular formula is C16H14BrNS. The molecule has 0 aliphatic rings. The van der Waals surface area contributed by atoms with E-state index in [1.807, 2.05) is 6.07 Å². The van der Waals surface area contributed by atoms with Gasteiger partial charge in [-0.15, -0.1) is 11.3 Å². The summed E-state index contributed by atoms with van der Waals surface area (Å²) in [5, 5.41) is 1.18. The summed E-state index contributed by atoms with van der Waals surface area (Å²) < 4.78 is 1.26. The first-order valence-electron chi connectivity index (χ1n) is 6.27. The molecule has 0 saturated heterocycles. The Hall–Kier alpha value is -1.19. The molecule has 3 aromatic rings. The van der Waals surface area contributed by atoms with E-state index in [0.29, 0.717) is 4.83 Å². The number of para-hydroxylation sites is 1. The van der Waals surface area contributed by atoms with E-state index in [9.17, 15) is 0 Å². The quantitative estimate of drug-likeness (QED) is 0.594. The van der Waals surface area contributed by atoms with E-state index < -0.39 is 0 Å². The molecule has 2 aromatic carbocycles. The van der Waals surface area contributed by atoms with Gasteiger partial charge in [0.1, 0.15) is 0 Å². The van der Waals surface area contributed by atoms with Gasteiger partial charge in [-0.05, 0) is 24.6 Å². The van der Waals surface area contributed by atoms with Crippen LogP contribution < -0.4 is 0 Å². The Balaban J connectivity index is 1.82. The van der Waals surface area contributed by atoms with Crippen molar-refractivity contribution in [2.24, 2.45) is 0 Å². The molecule has 0 radical (unpaired) electrons. The van der Waals surface area contributed by atoms with Crippen molar-refractivity contribution in [3.8, 4) is 0 Å². The number of benzene rings is 2. The summed E-state index contributed by atoms with van der Waals surface area (Å²) in [5.41, 5.74) is 3.71. The Morgan fingerprint density at radius 1 is 1.11 bits per heavy atom. The van der Waals surface area contributed by atoms with Crippen LogP contribution >= 0.6 is 27.3 Å². The molecule has 0 saturated carbocycles. The summed E-state index contributed by atoms with van der Waals surface area (Å²) in [6.45, 7) is 2.11. The number of nitrogens with zero attached hydrogens (tertiary/aromatic N) is 1. The average molecular weight is 332 g/mol. The molecule has 0 fully saturated rings. The number of hydrogen-bond donors (Lipinski definition) is 0. The highest BCUT2D eigenvalue weighted by atomic mass is 79.9. The first-order chi connectivity index (χ1) is 9.22. The molecule has 1 atom stereocenters. The number of aryl methyl sites for hydroxylation is 1. The third-order valence-corrected chi connectivity index (χ3v) is 5.04. The average Bonchev–Trinajstić information content (AvgIpc) is 2.81. The van der Waals surface area contributed by atoms with Crippen LogP contribution in [-0.4, -0.2) is 4.98 Å². The van der Waals surface area contributed by atoms with Crippen molar-refractivity contribution in [1.29, 1.82) is 0 Å². The molecule has 3 rings (SSSR count). The summed E-state index contributed by atoms with van der Waals surface area (Å²) in [5.74, 6) is 0. The van der Waals surface area contributed by atoms with Gasteiger partial charge in [-0.3, -0.25) is 0 Å². The van der Waals surface area contributed by atoms with Crippen LogP contribution in [0, 0.1) is 6.92 Å². The van der Waals surface area contributed by atoms with Gasteiger partial charge in [-0.2, -0.15) is 0 Å². The van der Waals surface area contributed by atoms with E-state index in [2.05, 4.69) is 70.3 Å². The molecule has 0 amide bonds. The number of hydrogen-bond acceptors (Lipinski definition) is 2. The van der Waals surface area contributed by atoms with E-state index in [-0.39, 0.29) is 0 Å². The van der Waals surface area contributed by atoms with Crippen molar-refractivity contribution < 1.29 is 0 Å². The van der Waals surface area contributed by atoms with Crippen LogP contribution in [0.15, 0.2) is 48.5 Å². The van der Waals surface area contributed by atoms with Crippen LogP contribution in [0.3, 0.4) is 0 Å². The van der Waals surface area contributed by atoms with Gasteiger partial charge in [-0.25, -0.2) is 4.98 Å². The molecule has 3 heteroatoms. The molecule has 1 aromatic heterocycles. The Kier molecular flexibility index (Phi) is 3.67. The lowest BCUT2D eigenvalue weighted by atomic mass is 10.1. The highest BCUT2D eigenvalue weighted by Gasteiger charge is 2.11. The third-order valence-electron chi connectivity index (χ3n) is 3.13. The summed E-state index contributed by atoms with van der Waals surface area (Å²) in [4.78, 5) is 5.01.